The number of hydrogen-bond donors (Lipinski definition) is 1. The van der Waals surface area contributed by atoms with E-state index in [1.54, 1.807) is 0 Å². The van der Waals surface area contributed by atoms with Gasteiger partial charge in [0, 0.05) is 13.6 Å². The Morgan fingerprint density at radius 2 is 1.94 bits per heavy atom. The summed E-state index contributed by atoms with van der Waals surface area (Å²) in [5, 5.41) is 0. The van der Waals surface area contributed by atoms with Crippen LogP contribution in [0.3, 0.4) is 0 Å². The Morgan fingerprint density at radius 1 is 1.35 bits per heavy atom. The molecule has 0 spiro atoms. The third-order valence-electron chi connectivity index (χ3n) is 4.18. The number of carbonyl (C=O) groups excluding carboxylic acids is 1. The first-order valence-electron chi connectivity index (χ1n) is 7.06. The van der Waals surface area contributed by atoms with Gasteiger partial charge in [0.2, 0.25) is 5.91 Å². The largest absolute Gasteiger partial charge is 0.344 e. The summed E-state index contributed by atoms with van der Waals surface area (Å²) in [5.74, 6) is 1.09. The first-order valence-corrected chi connectivity index (χ1v) is 7.06. The number of amides is 1. The van der Waals surface area contributed by atoms with Gasteiger partial charge in [-0.25, -0.2) is 0 Å². The molecule has 0 aromatic carbocycles. The first kappa shape index (κ1) is 14.5. The van der Waals surface area contributed by atoms with Crippen LogP contribution in [0.25, 0.3) is 0 Å². The van der Waals surface area contributed by atoms with Gasteiger partial charge in [0.25, 0.3) is 0 Å². The second-order valence-corrected chi connectivity index (χ2v) is 5.63. The maximum absolute atomic E-state index is 12.1. The number of likely N-dealkylation sites (N-methyl/N-ethyl adjacent to an activating group) is 1. The summed E-state index contributed by atoms with van der Waals surface area (Å²) in [7, 11) is 1.90. The van der Waals surface area contributed by atoms with Crippen molar-refractivity contribution in [3.63, 3.8) is 0 Å². The van der Waals surface area contributed by atoms with Crippen LogP contribution in [-0.2, 0) is 4.79 Å². The zero-order valence-corrected chi connectivity index (χ0v) is 11.6. The molecule has 2 atom stereocenters. The van der Waals surface area contributed by atoms with E-state index in [9.17, 15) is 4.79 Å². The Bertz CT molecular complexity index is 236. The zero-order chi connectivity index (χ0) is 12.8. The van der Waals surface area contributed by atoms with Crippen LogP contribution in [0.1, 0.15) is 52.4 Å². The van der Waals surface area contributed by atoms with Crippen LogP contribution in [0.15, 0.2) is 0 Å². The van der Waals surface area contributed by atoms with Crippen LogP contribution in [0.4, 0.5) is 0 Å². The van der Waals surface area contributed by atoms with Crippen molar-refractivity contribution in [2.75, 3.05) is 13.6 Å². The number of rotatable bonds is 5. The Labute approximate surface area is 106 Å². The molecule has 1 aliphatic rings. The summed E-state index contributed by atoms with van der Waals surface area (Å²) in [4.78, 5) is 14.0. The van der Waals surface area contributed by atoms with Gasteiger partial charge in [-0.2, -0.15) is 0 Å². The number of hydrogen-bond acceptors (Lipinski definition) is 2. The molecule has 1 rings (SSSR count). The van der Waals surface area contributed by atoms with Gasteiger partial charge in [0.15, 0.2) is 0 Å². The first-order chi connectivity index (χ1) is 8.06. The van der Waals surface area contributed by atoms with E-state index in [1.807, 2.05) is 11.9 Å². The molecule has 0 aromatic rings. The van der Waals surface area contributed by atoms with Gasteiger partial charge in [-0.1, -0.05) is 39.5 Å². The van der Waals surface area contributed by atoms with Gasteiger partial charge in [0.1, 0.15) is 0 Å². The lowest BCUT2D eigenvalue weighted by Gasteiger charge is -2.30. The standard InChI is InChI=1S/C14H28N2O/c1-4-11(2)13(15)14(17)16(3)10-12-8-6-5-7-9-12/h11-13H,4-10,15H2,1-3H3/t11?,13-/m1/s1. The Kier molecular flexibility index (Phi) is 5.96. The van der Waals surface area contributed by atoms with E-state index in [2.05, 4.69) is 13.8 Å². The van der Waals surface area contributed by atoms with Crippen LogP contribution in [-0.4, -0.2) is 30.4 Å². The Hall–Kier alpha value is -0.570. The van der Waals surface area contributed by atoms with Gasteiger partial charge in [-0.05, 0) is 24.7 Å². The van der Waals surface area contributed by atoms with E-state index in [4.69, 9.17) is 5.73 Å². The van der Waals surface area contributed by atoms with Crippen molar-refractivity contribution in [1.29, 1.82) is 0 Å². The molecule has 3 nitrogen and oxygen atoms in total. The Balaban J connectivity index is 2.40. The summed E-state index contributed by atoms with van der Waals surface area (Å²) >= 11 is 0. The summed E-state index contributed by atoms with van der Waals surface area (Å²) in [6.07, 6.45) is 7.52. The van der Waals surface area contributed by atoms with Gasteiger partial charge >= 0.3 is 0 Å². The molecule has 1 amide bonds. The summed E-state index contributed by atoms with van der Waals surface area (Å²) in [6, 6.07) is -0.325. The molecule has 0 heterocycles. The quantitative estimate of drug-likeness (QED) is 0.802. The normalized spacial score (nSPS) is 20.9. The third-order valence-corrected chi connectivity index (χ3v) is 4.18. The van der Waals surface area contributed by atoms with Crippen molar-refractivity contribution < 1.29 is 4.79 Å². The van der Waals surface area contributed by atoms with E-state index >= 15 is 0 Å². The molecule has 1 aliphatic carbocycles. The smallest absolute Gasteiger partial charge is 0.239 e. The van der Waals surface area contributed by atoms with E-state index in [0.29, 0.717) is 5.92 Å². The molecule has 17 heavy (non-hydrogen) atoms. The SMILES string of the molecule is CCC(C)[C@@H](N)C(=O)N(C)CC1CCCCC1. The molecule has 1 saturated carbocycles. The summed E-state index contributed by atoms with van der Waals surface area (Å²) in [5.41, 5.74) is 5.99. The molecular weight excluding hydrogens is 212 g/mol. The van der Waals surface area contributed by atoms with Crippen molar-refractivity contribution in [2.45, 2.75) is 58.4 Å². The van der Waals surface area contributed by atoms with Gasteiger partial charge < -0.3 is 10.6 Å². The molecule has 0 radical (unpaired) electrons. The molecule has 0 saturated heterocycles. The monoisotopic (exact) mass is 240 g/mol. The Morgan fingerprint density at radius 3 is 2.47 bits per heavy atom. The lowest BCUT2D eigenvalue weighted by Crippen LogP contribution is -2.46. The lowest BCUT2D eigenvalue weighted by atomic mass is 9.88. The third kappa shape index (κ3) is 4.30. The minimum Gasteiger partial charge on any atom is -0.344 e. The molecular formula is C14H28N2O. The number of nitrogens with two attached hydrogens (primary N) is 1. The maximum atomic E-state index is 12.1. The summed E-state index contributed by atoms with van der Waals surface area (Å²) in [6.45, 7) is 5.03. The van der Waals surface area contributed by atoms with Crippen LogP contribution < -0.4 is 5.73 Å². The highest BCUT2D eigenvalue weighted by Crippen LogP contribution is 2.24. The second kappa shape index (κ2) is 7.00. The van der Waals surface area contributed by atoms with Crippen molar-refractivity contribution in [1.82, 2.24) is 4.90 Å². The van der Waals surface area contributed by atoms with Crippen molar-refractivity contribution in [2.24, 2.45) is 17.6 Å². The van der Waals surface area contributed by atoms with E-state index in [-0.39, 0.29) is 17.9 Å². The predicted molar refractivity (Wildman–Crippen MR) is 71.6 cm³/mol. The topological polar surface area (TPSA) is 46.3 Å². The minimum absolute atomic E-state index is 0.116. The minimum atomic E-state index is -0.325. The average Bonchev–Trinajstić information content (AvgIpc) is 2.37. The second-order valence-electron chi connectivity index (χ2n) is 5.63. The number of carbonyl (C=O) groups is 1. The lowest BCUT2D eigenvalue weighted by molar-refractivity contribution is -0.133. The van der Waals surface area contributed by atoms with Crippen LogP contribution in [0.2, 0.25) is 0 Å². The van der Waals surface area contributed by atoms with E-state index in [0.717, 1.165) is 13.0 Å². The molecule has 3 heteroatoms. The fourth-order valence-corrected chi connectivity index (χ4v) is 2.60. The average molecular weight is 240 g/mol. The van der Waals surface area contributed by atoms with Crippen LogP contribution in [0.5, 0.6) is 0 Å². The van der Waals surface area contributed by atoms with Crippen molar-refractivity contribution in [3.05, 3.63) is 0 Å². The van der Waals surface area contributed by atoms with Crippen LogP contribution >= 0.6 is 0 Å². The highest BCUT2D eigenvalue weighted by Gasteiger charge is 2.25. The zero-order valence-electron chi connectivity index (χ0n) is 11.6. The number of nitrogens with zero attached hydrogens (tertiary/aromatic N) is 1. The molecule has 1 fully saturated rings. The molecule has 0 bridgehead atoms. The molecule has 0 aromatic heterocycles. The van der Waals surface area contributed by atoms with E-state index < -0.39 is 0 Å². The molecule has 0 aliphatic heterocycles. The van der Waals surface area contributed by atoms with E-state index in [1.165, 1.54) is 32.1 Å². The van der Waals surface area contributed by atoms with Gasteiger partial charge in [-0.3, -0.25) is 4.79 Å². The highest BCUT2D eigenvalue weighted by molar-refractivity contribution is 5.81. The van der Waals surface area contributed by atoms with Crippen molar-refractivity contribution >= 4 is 5.91 Å². The highest BCUT2D eigenvalue weighted by atomic mass is 16.2. The maximum Gasteiger partial charge on any atom is 0.239 e. The molecule has 1 unspecified atom stereocenters. The fourth-order valence-electron chi connectivity index (χ4n) is 2.60. The van der Waals surface area contributed by atoms with Gasteiger partial charge in [0.05, 0.1) is 6.04 Å². The molecule has 2 N–H and O–H groups in total. The van der Waals surface area contributed by atoms with Crippen LogP contribution in [0, 0.1) is 11.8 Å². The summed E-state index contributed by atoms with van der Waals surface area (Å²) < 4.78 is 0. The van der Waals surface area contributed by atoms with Crippen molar-refractivity contribution in [3.8, 4) is 0 Å². The molecule has 100 valence electrons. The predicted octanol–water partition coefficient (Wildman–Crippen LogP) is 2.40. The fraction of sp³-hybridized carbons (Fsp3) is 0.929. The van der Waals surface area contributed by atoms with Gasteiger partial charge in [-0.15, -0.1) is 0 Å².